The van der Waals surface area contributed by atoms with E-state index in [2.05, 4.69) is 15.6 Å². The van der Waals surface area contributed by atoms with Crippen LogP contribution in [0.25, 0.3) is 0 Å². The van der Waals surface area contributed by atoms with E-state index < -0.39 is 0 Å². The van der Waals surface area contributed by atoms with Crippen LogP contribution in [0.1, 0.15) is 24.2 Å². The summed E-state index contributed by atoms with van der Waals surface area (Å²) in [5.74, 6) is 1.37. The average Bonchev–Trinajstić information content (AvgIpc) is 3.34. The summed E-state index contributed by atoms with van der Waals surface area (Å²) < 4.78 is 16.1. The number of carbonyl (C=O) groups is 2. The highest BCUT2D eigenvalue weighted by Gasteiger charge is 2.24. The molecule has 1 atom stereocenters. The van der Waals surface area contributed by atoms with E-state index in [0.29, 0.717) is 41.2 Å². The smallest absolute Gasteiger partial charge is 0.323 e. The third-order valence-electron chi connectivity index (χ3n) is 4.53. The van der Waals surface area contributed by atoms with Crippen LogP contribution in [-0.4, -0.2) is 51.3 Å². The summed E-state index contributed by atoms with van der Waals surface area (Å²) in [7, 11) is 4.63. The lowest BCUT2D eigenvalue weighted by atomic mass is 10.1. The Morgan fingerprint density at radius 2 is 1.97 bits per heavy atom. The van der Waals surface area contributed by atoms with E-state index in [0.717, 1.165) is 5.56 Å². The van der Waals surface area contributed by atoms with Gasteiger partial charge in [-0.1, -0.05) is 0 Å². The number of rotatable bonds is 8. The first-order valence-corrected chi connectivity index (χ1v) is 9.93. The summed E-state index contributed by atoms with van der Waals surface area (Å²) in [5, 5.41) is 8.08. The number of amides is 3. The zero-order valence-electron chi connectivity index (χ0n) is 16.8. The fourth-order valence-electron chi connectivity index (χ4n) is 3.05. The van der Waals surface area contributed by atoms with E-state index in [4.69, 9.17) is 14.2 Å². The van der Waals surface area contributed by atoms with Gasteiger partial charge in [0, 0.05) is 18.5 Å². The highest BCUT2D eigenvalue weighted by molar-refractivity contribution is 7.14. The van der Waals surface area contributed by atoms with E-state index in [1.165, 1.54) is 11.3 Å². The number of anilines is 1. The molecule has 29 heavy (non-hydrogen) atoms. The number of nitrogens with zero attached hydrogens (tertiary/aromatic N) is 2. The summed E-state index contributed by atoms with van der Waals surface area (Å²) in [6.45, 7) is 3.05. The Balaban J connectivity index is 1.66. The summed E-state index contributed by atoms with van der Waals surface area (Å²) in [5.41, 5.74) is 1.44. The molecule has 10 heteroatoms. The number of carbonyl (C=O) groups excluding carboxylic acids is 2. The molecule has 0 saturated carbocycles. The third kappa shape index (κ3) is 4.53. The lowest BCUT2D eigenvalue weighted by molar-refractivity contribution is -0.121. The van der Waals surface area contributed by atoms with Crippen molar-refractivity contribution >= 4 is 28.4 Å². The first-order chi connectivity index (χ1) is 14.0. The Morgan fingerprint density at radius 3 is 2.52 bits per heavy atom. The Morgan fingerprint density at radius 1 is 1.28 bits per heavy atom. The highest BCUT2D eigenvalue weighted by Crippen LogP contribution is 2.39. The molecule has 156 valence electrons. The molecule has 1 saturated heterocycles. The average molecular weight is 420 g/mol. The Labute approximate surface area is 173 Å². The first-order valence-electron chi connectivity index (χ1n) is 9.05. The molecule has 0 bridgehead atoms. The van der Waals surface area contributed by atoms with Crippen LogP contribution in [0.15, 0.2) is 17.5 Å². The summed E-state index contributed by atoms with van der Waals surface area (Å²) >= 11 is 1.35. The van der Waals surface area contributed by atoms with Crippen molar-refractivity contribution < 1.29 is 23.8 Å². The maximum Gasteiger partial charge on any atom is 0.323 e. The second kappa shape index (κ2) is 8.99. The monoisotopic (exact) mass is 420 g/mol. The second-order valence-corrected chi connectivity index (χ2v) is 7.27. The maximum atomic E-state index is 12.5. The molecule has 1 aliphatic heterocycles. The number of aromatic nitrogens is 1. The number of nitrogens with one attached hydrogen (secondary N) is 2. The number of thiazole rings is 1. The minimum absolute atomic E-state index is 0.126. The molecule has 1 aromatic heterocycles. The normalized spacial score (nSPS) is 14.3. The highest BCUT2D eigenvalue weighted by atomic mass is 32.1. The van der Waals surface area contributed by atoms with E-state index in [9.17, 15) is 9.59 Å². The van der Waals surface area contributed by atoms with Crippen molar-refractivity contribution in [3.63, 3.8) is 0 Å². The topological polar surface area (TPSA) is 102 Å². The van der Waals surface area contributed by atoms with Gasteiger partial charge in [0.2, 0.25) is 11.7 Å². The molecule has 2 N–H and O–H groups in total. The molecular formula is C19H24N4O5S. The minimum Gasteiger partial charge on any atom is -0.493 e. The van der Waals surface area contributed by atoms with E-state index >= 15 is 0 Å². The molecule has 3 amide bonds. The first kappa shape index (κ1) is 20.7. The van der Waals surface area contributed by atoms with Crippen molar-refractivity contribution in [3.05, 3.63) is 28.8 Å². The Bertz CT molecular complexity index is 875. The number of hydrogen-bond donors (Lipinski definition) is 2. The van der Waals surface area contributed by atoms with Gasteiger partial charge >= 0.3 is 6.03 Å². The lowest BCUT2D eigenvalue weighted by Gasteiger charge is -2.18. The molecule has 1 aliphatic rings. The Hall–Kier alpha value is -3.01. The molecule has 2 heterocycles. The SMILES string of the molecule is COc1cc(C(C)NC(=O)Cc2csc(N3CCNC3=O)n2)cc(OC)c1OC. The van der Waals surface area contributed by atoms with Gasteiger partial charge in [-0.15, -0.1) is 11.3 Å². The van der Waals surface area contributed by atoms with Gasteiger partial charge in [-0.25, -0.2) is 9.78 Å². The van der Waals surface area contributed by atoms with Crippen molar-refractivity contribution in [2.75, 3.05) is 39.3 Å². The van der Waals surface area contributed by atoms with Crippen LogP contribution in [0.2, 0.25) is 0 Å². The van der Waals surface area contributed by atoms with Crippen molar-refractivity contribution in [2.45, 2.75) is 19.4 Å². The predicted octanol–water partition coefficient (Wildman–Crippen LogP) is 2.12. The molecule has 3 rings (SSSR count). The van der Waals surface area contributed by atoms with Gasteiger partial charge in [-0.2, -0.15) is 0 Å². The molecule has 1 unspecified atom stereocenters. The molecule has 1 fully saturated rings. The van der Waals surface area contributed by atoms with Crippen LogP contribution in [-0.2, 0) is 11.2 Å². The maximum absolute atomic E-state index is 12.5. The van der Waals surface area contributed by atoms with Gasteiger partial charge < -0.3 is 24.8 Å². The molecular weight excluding hydrogens is 396 g/mol. The number of ether oxygens (including phenoxy) is 3. The van der Waals surface area contributed by atoms with Gasteiger partial charge in [-0.05, 0) is 24.6 Å². The van der Waals surface area contributed by atoms with Crippen LogP contribution < -0.4 is 29.7 Å². The van der Waals surface area contributed by atoms with E-state index in [1.54, 1.807) is 43.7 Å². The van der Waals surface area contributed by atoms with Gasteiger partial charge in [-0.3, -0.25) is 9.69 Å². The van der Waals surface area contributed by atoms with Crippen LogP contribution >= 0.6 is 11.3 Å². The van der Waals surface area contributed by atoms with Gasteiger partial charge in [0.25, 0.3) is 0 Å². The van der Waals surface area contributed by atoms with Crippen LogP contribution in [0, 0.1) is 0 Å². The van der Waals surface area contributed by atoms with Crippen molar-refractivity contribution in [1.82, 2.24) is 15.6 Å². The van der Waals surface area contributed by atoms with Crippen LogP contribution in [0.4, 0.5) is 9.93 Å². The summed E-state index contributed by atoms with van der Waals surface area (Å²) in [6, 6.07) is 3.17. The van der Waals surface area contributed by atoms with Crippen LogP contribution in [0.5, 0.6) is 17.2 Å². The van der Waals surface area contributed by atoms with E-state index in [1.807, 2.05) is 6.92 Å². The van der Waals surface area contributed by atoms with Crippen molar-refractivity contribution in [2.24, 2.45) is 0 Å². The van der Waals surface area contributed by atoms with Gasteiger partial charge in [0.05, 0.1) is 39.5 Å². The fraction of sp³-hybridized carbons (Fsp3) is 0.421. The van der Waals surface area contributed by atoms with Crippen molar-refractivity contribution in [1.29, 1.82) is 0 Å². The fourth-order valence-corrected chi connectivity index (χ4v) is 3.90. The molecule has 9 nitrogen and oxygen atoms in total. The quantitative estimate of drug-likeness (QED) is 0.678. The van der Waals surface area contributed by atoms with Crippen LogP contribution in [0.3, 0.4) is 0 Å². The molecule has 1 aromatic carbocycles. The minimum atomic E-state index is -0.279. The summed E-state index contributed by atoms with van der Waals surface area (Å²) in [4.78, 5) is 30.2. The Kier molecular flexibility index (Phi) is 6.42. The molecule has 0 radical (unpaired) electrons. The standard InChI is InChI=1S/C19H24N4O5S/c1-11(12-7-14(26-2)17(28-4)15(8-12)27-3)21-16(24)9-13-10-29-19(22-13)23-6-5-20-18(23)25/h7-8,10-11H,5-6,9H2,1-4H3,(H,20,25)(H,21,24). The van der Waals surface area contributed by atoms with Gasteiger partial charge in [0.15, 0.2) is 16.6 Å². The van der Waals surface area contributed by atoms with E-state index in [-0.39, 0.29) is 24.4 Å². The third-order valence-corrected chi connectivity index (χ3v) is 5.45. The molecule has 2 aromatic rings. The number of hydrogen-bond acceptors (Lipinski definition) is 7. The zero-order valence-corrected chi connectivity index (χ0v) is 17.6. The zero-order chi connectivity index (χ0) is 21.0. The largest absolute Gasteiger partial charge is 0.493 e. The predicted molar refractivity (Wildman–Crippen MR) is 109 cm³/mol. The second-order valence-electron chi connectivity index (χ2n) is 6.43. The number of benzene rings is 1. The number of urea groups is 1. The molecule has 0 aliphatic carbocycles. The molecule has 0 spiro atoms. The number of methoxy groups -OCH3 is 3. The van der Waals surface area contributed by atoms with Gasteiger partial charge in [0.1, 0.15) is 0 Å². The van der Waals surface area contributed by atoms with Crippen molar-refractivity contribution in [3.8, 4) is 17.2 Å². The summed E-state index contributed by atoms with van der Waals surface area (Å²) in [6.07, 6.45) is 0.126. The lowest BCUT2D eigenvalue weighted by Crippen LogP contribution is -2.29.